The first-order valence-corrected chi connectivity index (χ1v) is 6.79. The van der Waals surface area contributed by atoms with Gasteiger partial charge in [0, 0.05) is 31.1 Å². The van der Waals surface area contributed by atoms with Crippen LogP contribution in [0, 0.1) is 12.3 Å². The highest BCUT2D eigenvalue weighted by Crippen LogP contribution is 2.27. The first kappa shape index (κ1) is 13.6. The standard InChI is InChI=1S/C16H20N2O/c1-2-3-4-5-10-16(19)18-12-14(17)11-13-8-6-7-9-15(13)18/h1,6-9,14H,3-5,10-12,17H2. The monoisotopic (exact) mass is 256 g/mol. The Bertz CT molecular complexity index is 490. The fourth-order valence-corrected chi connectivity index (χ4v) is 2.50. The number of hydrogen-bond donors (Lipinski definition) is 1. The van der Waals surface area contributed by atoms with Crippen LogP contribution >= 0.6 is 0 Å². The average Bonchev–Trinajstić information content (AvgIpc) is 2.42. The van der Waals surface area contributed by atoms with Crippen molar-refractivity contribution < 1.29 is 4.79 Å². The summed E-state index contributed by atoms with van der Waals surface area (Å²) in [6, 6.07) is 8.04. The molecule has 3 nitrogen and oxygen atoms in total. The van der Waals surface area contributed by atoms with Crippen LogP contribution in [0.5, 0.6) is 0 Å². The minimum absolute atomic E-state index is 0.0320. The van der Waals surface area contributed by atoms with Crippen molar-refractivity contribution in [2.24, 2.45) is 5.73 Å². The molecule has 1 aliphatic heterocycles. The number of anilines is 1. The third kappa shape index (κ3) is 3.36. The SMILES string of the molecule is C#CCCCCC(=O)N1CC(N)Cc2ccccc21. The van der Waals surface area contributed by atoms with Gasteiger partial charge in [-0.25, -0.2) is 0 Å². The highest BCUT2D eigenvalue weighted by molar-refractivity contribution is 5.94. The summed E-state index contributed by atoms with van der Waals surface area (Å²) in [5.41, 5.74) is 8.22. The Balaban J connectivity index is 2.04. The number of carbonyl (C=O) groups excluding carboxylic acids is 1. The van der Waals surface area contributed by atoms with Crippen molar-refractivity contribution in [1.29, 1.82) is 0 Å². The second-order valence-corrected chi connectivity index (χ2v) is 5.01. The summed E-state index contributed by atoms with van der Waals surface area (Å²) < 4.78 is 0. The summed E-state index contributed by atoms with van der Waals surface area (Å²) in [4.78, 5) is 14.1. The van der Waals surface area contributed by atoms with Crippen LogP contribution in [0.3, 0.4) is 0 Å². The molecule has 0 fully saturated rings. The average molecular weight is 256 g/mol. The lowest BCUT2D eigenvalue weighted by atomic mass is 9.98. The summed E-state index contributed by atoms with van der Waals surface area (Å²) in [6.45, 7) is 0.616. The smallest absolute Gasteiger partial charge is 0.227 e. The third-order valence-electron chi connectivity index (χ3n) is 3.44. The van der Waals surface area contributed by atoms with Gasteiger partial charge in [-0.3, -0.25) is 4.79 Å². The van der Waals surface area contributed by atoms with Gasteiger partial charge >= 0.3 is 0 Å². The third-order valence-corrected chi connectivity index (χ3v) is 3.44. The zero-order valence-electron chi connectivity index (χ0n) is 11.1. The predicted molar refractivity (Wildman–Crippen MR) is 77.8 cm³/mol. The Morgan fingerprint density at radius 3 is 3.00 bits per heavy atom. The van der Waals surface area contributed by atoms with Crippen LogP contribution in [0.15, 0.2) is 24.3 Å². The van der Waals surface area contributed by atoms with Gasteiger partial charge < -0.3 is 10.6 Å². The molecule has 1 aliphatic rings. The van der Waals surface area contributed by atoms with Gasteiger partial charge in [-0.15, -0.1) is 12.3 Å². The van der Waals surface area contributed by atoms with Crippen LogP contribution < -0.4 is 10.6 Å². The number of benzene rings is 1. The van der Waals surface area contributed by atoms with Crippen molar-refractivity contribution in [3.63, 3.8) is 0 Å². The van der Waals surface area contributed by atoms with Crippen molar-refractivity contribution in [3.8, 4) is 12.3 Å². The summed E-state index contributed by atoms with van der Waals surface area (Å²) >= 11 is 0. The Morgan fingerprint density at radius 2 is 2.21 bits per heavy atom. The van der Waals surface area contributed by atoms with Gasteiger partial charge in [-0.05, 0) is 30.9 Å². The van der Waals surface area contributed by atoms with E-state index in [0.717, 1.165) is 31.4 Å². The van der Waals surface area contributed by atoms with Crippen LogP contribution in [-0.4, -0.2) is 18.5 Å². The van der Waals surface area contributed by atoms with Crippen molar-refractivity contribution in [2.45, 2.75) is 38.1 Å². The number of nitrogens with two attached hydrogens (primary N) is 1. The van der Waals surface area contributed by atoms with Gasteiger partial charge in [0.25, 0.3) is 0 Å². The first-order chi connectivity index (χ1) is 9.22. The van der Waals surface area contributed by atoms with Crippen LogP contribution in [0.4, 0.5) is 5.69 Å². The highest BCUT2D eigenvalue weighted by Gasteiger charge is 2.25. The first-order valence-electron chi connectivity index (χ1n) is 6.79. The maximum atomic E-state index is 12.3. The Kier molecular flexibility index (Phi) is 4.59. The molecular formula is C16H20N2O. The minimum atomic E-state index is 0.0320. The molecule has 0 spiro atoms. The number of fused-ring (bicyclic) bond motifs is 1. The normalized spacial score (nSPS) is 17.7. The fraction of sp³-hybridized carbons (Fsp3) is 0.438. The van der Waals surface area contributed by atoms with E-state index < -0.39 is 0 Å². The number of rotatable bonds is 4. The summed E-state index contributed by atoms with van der Waals surface area (Å²) in [5.74, 6) is 2.75. The van der Waals surface area contributed by atoms with Gasteiger partial charge in [0.05, 0.1) is 0 Å². The largest absolute Gasteiger partial charge is 0.326 e. The molecule has 1 heterocycles. The summed E-state index contributed by atoms with van der Waals surface area (Å²) in [6.07, 6.45) is 9.09. The van der Waals surface area contributed by atoms with Crippen LogP contribution in [0.25, 0.3) is 0 Å². The van der Waals surface area contributed by atoms with Gasteiger partial charge in [0.15, 0.2) is 0 Å². The summed E-state index contributed by atoms with van der Waals surface area (Å²) in [7, 11) is 0. The maximum absolute atomic E-state index is 12.3. The molecular weight excluding hydrogens is 236 g/mol. The van der Waals surface area contributed by atoms with Gasteiger partial charge in [0.1, 0.15) is 0 Å². The molecule has 2 rings (SSSR count). The zero-order valence-corrected chi connectivity index (χ0v) is 11.1. The maximum Gasteiger partial charge on any atom is 0.227 e. The number of carbonyl (C=O) groups is 1. The number of unbranched alkanes of at least 4 members (excludes halogenated alkanes) is 2. The lowest BCUT2D eigenvalue weighted by molar-refractivity contribution is -0.118. The van der Waals surface area contributed by atoms with E-state index in [-0.39, 0.29) is 11.9 Å². The van der Waals surface area contributed by atoms with E-state index in [1.807, 2.05) is 29.2 Å². The van der Waals surface area contributed by atoms with E-state index in [9.17, 15) is 4.79 Å². The molecule has 3 heteroatoms. The van der Waals surface area contributed by atoms with Crippen molar-refractivity contribution in [2.75, 3.05) is 11.4 Å². The van der Waals surface area contributed by atoms with Crippen molar-refractivity contribution >= 4 is 11.6 Å². The van der Waals surface area contributed by atoms with Gasteiger partial charge in [0.2, 0.25) is 5.91 Å². The Labute approximate surface area is 114 Å². The number of terminal acetylenes is 1. The molecule has 19 heavy (non-hydrogen) atoms. The molecule has 1 atom stereocenters. The summed E-state index contributed by atoms with van der Waals surface area (Å²) in [5, 5.41) is 0. The minimum Gasteiger partial charge on any atom is -0.326 e. The van der Waals surface area contributed by atoms with Gasteiger partial charge in [-0.1, -0.05) is 18.2 Å². The molecule has 1 amide bonds. The van der Waals surface area contributed by atoms with Crippen molar-refractivity contribution in [1.82, 2.24) is 0 Å². The van der Waals surface area contributed by atoms with E-state index >= 15 is 0 Å². The van der Waals surface area contributed by atoms with E-state index in [4.69, 9.17) is 12.2 Å². The molecule has 1 aromatic carbocycles. The molecule has 100 valence electrons. The van der Waals surface area contributed by atoms with Crippen molar-refractivity contribution in [3.05, 3.63) is 29.8 Å². The molecule has 1 unspecified atom stereocenters. The van der Waals surface area contributed by atoms with E-state index in [1.165, 1.54) is 5.56 Å². The number of amides is 1. The fourth-order valence-electron chi connectivity index (χ4n) is 2.50. The van der Waals surface area contributed by atoms with Crippen LogP contribution in [-0.2, 0) is 11.2 Å². The van der Waals surface area contributed by atoms with E-state index in [0.29, 0.717) is 13.0 Å². The van der Waals surface area contributed by atoms with Crippen LogP contribution in [0.2, 0.25) is 0 Å². The molecule has 0 aromatic heterocycles. The molecule has 0 saturated heterocycles. The Morgan fingerprint density at radius 1 is 1.42 bits per heavy atom. The molecule has 0 aliphatic carbocycles. The number of para-hydroxylation sites is 1. The number of nitrogens with zero attached hydrogens (tertiary/aromatic N) is 1. The molecule has 2 N–H and O–H groups in total. The van der Waals surface area contributed by atoms with Crippen LogP contribution in [0.1, 0.15) is 31.2 Å². The van der Waals surface area contributed by atoms with E-state index in [2.05, 4.69) is 5.92 Å². The second kappa shape index (κ2) is 6.40. The molecule has 1 aromatic rings. The predicted octanol–water partition coefficient (Wildman–Crippen LogP) is 2.10. The van der Waals surface area contributed by atoms with Gasteiger partial charge in [-0.2, -0.15) is 0 Å². The lowest BCUT2D eigenvalue weighted by Gasteiger charge is -2.33. The molecule has 0 radical (unpaired) electrons. The quantitative estimate of drug-likeness (QED) is 0.662. The second-order valence-electron chi connectivity index (χ2n) is 5.01. The number of hydrogen-bond acceptors (Lipinski definition) is 2. The molecule has 0 bridgehead atoms. The topological polar surface area (TPSA) is 46.3 Å². The highest BCUT2D eigenvalue weighted by atomic mass is 16.2. The molecule has 0 saturated carbocycles. The lowest BCUT2D eigenvalue weighted by Crippen LogP contribution is -2.46. The zero-order chi connectivity index (χ0) is 13.7. The Hall–Kier alpha value is -1.79. The van der Waals surface area contributed by atoms with E-state index in [1.54, 1.807) is 0 Å².